The maximum atomic E-state index is 12.0. The lowest BCUT2D eigenvalue weighted by Gasteiger charge is -2.20. The predicted octanol–water partition coefficient (Wildman–Crippen LogP) is 2.00. The molecule has 0 heterocycles. The van der Waals surface area contributed by atoms with Crippen LogP contribution in [0.3, 0.4) is 0 Å². The topological polar surface area (TPSA) is 51.2 Å². The Bertz CT molecular complexity index is 496. The van der Waals surface area contributed by atoms with E-state index in [9.17, 15) is 13.2 Å². The first-order valence-corrected chi connectivity index (χ1v) is 6.86. The van der Waals surface area contributed by atoms with Crippen LogP contribution in [0.15, 0.2) is 24.3 Å². The Labute approximate surface area is 96.4 Å². The van der Waals surface area contributed by atoms with Crippen molar-refractivity contribution in [1.29, 1.82) is 0 Å². The van der Waals surface area contributed by atoms with E-state index in [0.717, 1.165) is 11.8 Å². The number of hydrogen-bond donors (Lipinski definition) is 0. The second-order valence-electron chi connectivity index (χ2n) is 4.48. The van der Waals surface area contributed by atoms with Crippen LogP contribution in [0, 0.1) is 6.92 Å². The van der Waals surface area contributed by atoms with Gasteiger partial charge in [0, 0.05) is 11.8 Å². The van der Waals surface area contributed by atoms with Gasteiger partial charge in [-0.15, -0.1) is 0 Å². The maximum Gasteiger partial charge on any atom is 0.183 e. The summed E-state index contributed by atoms with van der Waals surface area (Å²) in [5.74, 6) is -0.366. The molecule has 88 valence electrons. The van der Waals surface area contributed by atoms with Crippen LogP contribution in [0.2, 0.25) is 0 Å². The first kappa shape index (κ1) is 12.9. The molecular weight excluding hydrogens is 224 g/mol. The highest BCUT2D eigenvalue weighted by molar-refractivity contribution is 7.92. The molecule has 1 rings (SSSR count). The van der Waals surface area contributed by atoms with Gasteiger partial charge in [0.1, 0.15) is 4.75 Å². The molecular formula is C12H16O3S. The van der Waals surface area contributed by atoms with Crippen molar-refractivity contribution in [3.05, 3.63) is 35.4 Å². The Kier molecular flexibility index (Phi) is 3.24. The molecule has 0 amide bonds. The third-order valence-electron chi connectivity index (χ3n) is 2.79. The first-order valence-electron chi connectivity index (χ1n) is 4.97. The third-order valence-corrected chi connectivity index (χ3v) is 4.83. The SMILES string of the molecule is Cc1ccc(C(=O)C(C)(C)S(C)(=O)=O)cc1. The molecule has 4 heteroatoms. The van der Waals surface area contributed by atoms with Gasteiger partial charge in [0.2, 0.25) is 0 Å². The molecule has 1 aromatic rings. The molecule has 0 fully saturated rings. The molecule has 0 aliphatic rings. The number of hydrogen-bond acceptors (Lipinski definition) is 3. The molecule has 3 nitrogen and oxygen atoms in total. The van der Waals surface area contributed by atoms with Crippen LogP contribution >= 0.6 is 0 Å². The van der Waals surface area contributed by atoms with Gasteiger partial charge < -0.3 is 0 Å². The number of sulfone groups is 1. The molecule has 0 aromatic heterocycles. The lowest BCUT2D eigenvalue weighted by Crippen LogP contribution is -2.39. The highest BCUT2D eigenvalue weighted by Gasteiger charge is 2.38. The fraction of sp³-hybridized carbons (Fsp3) is 0.417. The van der Waals surface area contributed by atoms with Gasteiger partial charge in [-0.25, -0.2) is 8.42 Å². The third kappa shape index (κ3) is 2.32. The molecule has 0 radical (unpaired) electrons. The van der Waals surface area contributed by atoms with E-state index in [0.29, 0.717) is 5.56 Å². The maximum absolute atomic E-state index is 12.0. The summed E-state index contributed by atoms with van der Waals surface area (Å²) < 4.78 is 21.7. The summed E-state index contributed by atoms with van der Waals surface area (Å²) in [7, 11) is -3.41. The number of rotatable bonds is 3. The summed E-state index contributed by atoms with van der Waals surface area (Å²) >= 11 is 0. The Morgan fingerprint density at radius 2 is 1.56 bits per heavy atom. The second-order valence-corrected chi connectivity index (χ2v) is 7.04. The minimum atomic E-state index is -3.41. The van der Waals surface area contributed by atoms with Crippen molar-refractivity contribution in [1.82, 2.24) is 0 Å². The minimum absolute atomic E-state index is 0.366. The van der Waals surface area contributed by atoms with E-state index in [2.05, 4.69) is 0 Å². The van der Waals surface area contributed by atoms with Crippen LogP contribution in [-0.4, -0.2) is 25.2 Å². The fourth-order valence-corrected chi connectivity index (χ4v) is 1.68. The van der Waals surface area contributed by atoms with Gasteiger partial charge in [0.25, 0.3) is 0 Å². The number of ketones is 1. The van der Waals surface area contributed by atoms with E-state index in [1.54, 1.807) is 24.3 Å². The van der Waals surface area contributed by atoms with Gasteiger partial charge in [0.15, 0.2) is 15.6 Å². The molecule has 0 bridgehead atoms. The van der Waals surface area contributed by atoms with Gasteiger partial charge in [-0.2, -0.15) is 0 Å². The Morgan fingerprint density at radius 3 is 1.94 bits per heavy atom. The smallest absolute Gasteiger partial charge is 0.183 e. The quantitative estimate of drug-likeness (QED) is 0.759. The molecule has 0 unspecified atom stereocenters. The zero-order valence-corrected chi connectivity index (χ0v) is 10.8. The molecule has 0 saturated heterocycles. The van der Waals surface area contributed by atoms with Crippen LogP contribution in [-0.2, 0) is 9.84 Å². The molecule has 0 aliphatic heterocycles. The van der Waals surface area contributed by atoms with Crippen LogP contribution in [0.25, 0.3) is 0 Å². The van der Waals surface area contributed by atoms with Gasteiger partial charge in [-0.05, 0) is 20.8 Å². The standard InChI is InChI=1S/C12H16O3S/c1-9-5-7-10(8-6-9)11(13)12(2,3)16(4,14)15/h5-8H,1-4H3. The van der Waals surface area contributed by atoms with E-state index >= 15 is 0 Å². The summed E-state index contributed by atoms with van der Waals surface area (Å²) in [6, 6.07) is 6.91. The van der Waals surface area contributed by atoms with Crippen molar-refractivity contribution >= 4 is 15.6 Å². The van der Waals surface area contributed by atoms with E-state index in [4.69, 9.17) is 0 Å². The summed E-state index contributed by atoms with van der Waals surface area (Å²) in [6.07, 6.45) is 1.08. The number of carbonyl (C=O) groups excluding carboxylic acids is 1. The summed E-state index contributed by atoms with van der Waals surface area (Å²) in [5, 5.41) is 0. The predicted molar refractivity (Wildman–Crippen MR) is 64.4 cm³/mol. The van der Waals surface area contributed by atoms with Crippen molar-refractivity contribution in [2.75, 3.05) is 6.26 Å². The first-order chi connectivity index (χ1) is 7.16. The van der Waals surface area contributed by atoms with Crippen LogP contribution in [0.4, 0.5) is 0 Å². The van der Waals surface area contributed by atoms with Crippen molar-refractivity contribution in [2.24, 2.45) is 0 Å². The summed E-state index contributed by atoms with van der Waals surface area (Å²) in [5.41, 5.74) is 1.47. The number of carbonyl (C=O) groups is 1. The normalized spacial score (nSPS) is 12.5. The van der Waals surface area contributed by atoms with Gasteiger partial charge in [-0.1, -0.05) is 29.8 Å². The number of Topliss-reactive ketones (excluding diaryl/α,β-unsaturated/α-hetero) is 1. The Hall–Kier alpha value is -1.16. The average molecular weight is 240 g/mol. The molecule has 16 heavy (non-hydrogen) atoms. The van der Waals surface area contributed by atoms with Gasteiger partial charge in [-0.3, -0.25) is 4.79 Å². The Balaban J connectivity index is 3.18. The van der Waals surface area contributed by atoms with Crippen molar-refractivity contribution < 1.29 is 13.2 Å². The summed E-state index contributed by atoms with van der Waals surface area (Å²) in [4.78, 5) is 12.0. The van der Waals surface area contributed by atoms with Crippen LogP contribution in [0.5, 0.6) is 0 Å². The van der Waals surface area contributed by atoms with E-state index < -0.39 is 14.6 Å². The zero-order valence-electron chi connectivity index (χ0n) is 9.94. The second kappa shape index (κ2) is 4.01. The fourth-order valence-electron chi connectivity index (χ4n) is 1.22. The highest BCUT2D eigenvalue weighted by Crippen LogP contribution is 2.21. The molecule has 0 saturated carbocycles. The Morgan fingerprint density at radius 1 is 1.12 bits per heavy atom. The zero-order chi connectivity index (χ0) is 12.6. The molecule has 1 aromatic carbocycles. The van der Waals surface area contributed by atoms with Crippen LogP contribution < -0.4 is 0 Å². The lowest BCUT2D eigenvalue weighted by atomic mass is 9.99. The average Bonchev–Trinajstić information content (AvgIpc) is 2.16. The van der Waals surface area contributed by atoms with E-state index in [1.165, 1.54) is 13.8 Å². The minimum Gasteiger partial charge on any atom is -0.292 e. The molecule has 0 aliphatic carbocycles. The van der Waals surface area contributed by atoms with Gasteiger partial charge in [0.05, 0.1) is 0 Å². The molecule has 0 spiro atoms. The van der Waals surface area contributed by atoms with E-state index in [-0.39, 0.29) is 5.78 Å². The largest absolute Gasteiger partial charge is 0.292 e. The summed E-state index contributed by atoms with van der Waals surface area (Å²) in [6.45, 7) is 4.78. The van der Waals surface area contributed by atoms with Gasteiger partial charge >= 0.3 is 0 Å². The van der Waals surface area contributed by atoms with Crippen molar-refractivity contribution in [3.63, 3.8) is 0 Å². The monoisotopic (exact) mass is 240 g/mol. The van der Waals surface area contributed by atoms with Crippen molar-refractivity contribution in [2.45, 2.75) is 25.5 Å². The highest BCUT2D eigenvalue weighted by atomic mass is 32.2. The molecule has 0 atom stereocenters. The van der Waals surface area contributed by atoms with Crippen molar-refractivity contribution in [3.8, 4) is 0 Å². The van der Waals surface area contributed by atoms with E-state index in [1.807, 2.05) is 6.92 Å². The number of aryl methyl sites for hydroxylation is 1. The molecule has 0 N–H and O–H groups in total. The lowest BCUT2D eigenvalue weighted by molar-refractivity contribution is 0.0954. The number of benzene rings is 1. The van der Waals surface area contributed by atoms with Crippen LogP contribution in [0.1, 0.15) is 29.8 Å².